The van der Waals surface area contributed by atoms with Gasteiger partial charge in [-0.2, -0.15) is 0 Å². The summed E-state index contributed by atoms with van der Waals surface area (Å²) in [4.78, 5) is 0. The first-order chi connectivity index (χ1) is 6.76. The van der Waals surface area contributed by atoms with E-state index in [1.165, 1.54) is 0 Å². The zero-order chi connectivity index (χ0) is 10.1. The molecule has 1 aromatic rings. The molecule has 1 heterocycles. The third-order valence-electron chi connectivity index (χ3n) is 2.25. The minimum atomic E-state index is -0.456. The van der Waals surface area contributed by atoms with E-state index in [9.17, 15) is 5.11 Å². The maximum atomic E-state index is 9.32. The van der Waals surface area contributed by atoms with Gasteiger partial charge in [-0.05, 0) is 18.2 Å². The van der Waals surface area contributed by atoms with Crippen molar-refractivity contribution in [2.75, 3.05) is 14.2 Å². The first kappa shape index (κ1) is 9.45. The van der Waals surface area contributed by atoms with E-state index in [1.807, 2.05) is 0 Å². The second-order valence-corrected chi connectivity index (χ2v) is 3.08. The Morgan fingerprint density at radius 1 is 1.14 bits per heavy atom. The Morgan fingerprint density at radius 2 is 1.79 bits per heavy atom. The molecule has 2 atom stereocenters. The highest BCUT2D eigenvalue weighted by Gasteiger charge is 2.31. The van der Waals surface area contributed by atoms with Crippen LogP contribution in [0.25, 0.3) is 0 Å². The lowest BCUT2D eigenvalue weighted by atomic mass is 10.1. The molecule has 76 valence electrons. The largest absolute Gasteiger partial charge is 0.508 e. The molecule has 2 unspecified atom stereocenters. The van der Waals surface area contributed by atoms with Gasteiger partial charge in [0.1, 0.15) is 5.75 Å². The van der Waals surface area contributed by atoms with Crippen molar-refractivity contribution in [1.82, 2.24) is 0 Å². The minimum Gasteiger partial charge on any atom is -0.508 e. The predicted molar refractivity (Wildman–Crippen MR) is 48.7 cm³/mol. The molecule has 2 rings (SSSR count). The summed E-state index contributed by atoms with van der Waals surface area (Å²) < 4.78 is 15.7. The van der Waals surface area contributed by atoms with E-state index in [-0.39, 0.29) is 5.75 Å². The zero-order valence-electron chi connectivity index (χ0n) is 8.06. The van der Waals surface area contributed by atoms with Crippen LogP contribution >= 0.6 is 0 Å². The van der Waals surface area contributed by atoms with Gasteiger partial charge >= 0.3 is 0 Å². The summed E-state index contributed by atoms with van der Waals surface area (Å²) in [5.74, 6) is 0.200. The van der Waals surface area contributed by atoms with Crippen molar-refractivity contribution in [3.05, 3.63) is 29.3 Å². The van der Waals surface area contributed by atoms with E-state index < -0.39 is 12.6 Å². The first-order valence-corrected chi connectivity index (χ1v) is 4.30. The molecular weight excluding hydrogens is 184 g/mol. The van der Waals surface area contributed by atoms with Gasteiger partial charge in [-0.1, -0.05) is 0 Å². The normalized spacial score (nSPS) is 25.0. The van der Waals surface area contributed by atoms with Gasteiger partial charge in [0.2, 0.25) is 0 Å². The summed E-state index contributed by atoms with van der Waals surface area (Å²) >= 11 is 0. The number of hydrogen-bond donors (Lipinski definition) is 1. The van der Waals surface area contributed by atoms with Crippen LogP contribution < -0.4 is 0 Å². The van der Waals surface area contributed by atoms with E-state index in [2.05, 4.69) is 0 Å². The van der Waals surface area contributed by atoms with Crippen LogP contribution in [-0.4, -0.2) is 19.3 Å². The number of ether oxygens (including phenoxy) is 3. The number of benzene rings is 1. The number of phenolic OH excluding ortho intramolecular Hbond substituents is 1. The molecule has 0 bridgehead atoms. The van der Waals surface area contributed by atoms with Crippen molar-refractivity contribution in [3.8, 4) is 5.75 Å². The molecule has 0 aliphatic carbocycles. The molecule has 0 radical (unpaired) electrons. The molecule has 0 saturated carbocycles. The average Bonchev–Trinajstić information content (AvgIpc) is 2.55. The van der Waals surface area contributed by atoms with E-state index in [1.54, 1.807) is 32.4 Å². The molecule has 4 nitrogen and oxygen atoms in total. The highest BCUT2D eigenvalue weighted by atomic mass is 16.8. The van der Waals surface area contributed by atoms with Gasteiger partial charge in [0.25, 0.3) is 0 Å². The SMILES string of the molecule is COC1OC(OC)c2cc(O)ccc21. The molecule has 0 amide bonds. The Hall–Kier alpha value is -1.10. The Labute approximate surface area is 82.0 Å². The molecule has 0 spiro atoms. The van der Waals surface area contributed by atoms with Gasteiger partial charge < -0.3 is 19.3 Å². The molecular formula is C10H12O4. The summed E-state index contributed by atoms with van der Waals surface area (Å²) in [6.07, 6.45) is -0.863. The van der Waals surface area contributed by atoms with Crippen LogP contribution in [0.4, 0.5) is 0 Å². The third kappa shape index (κ3) is 1.37. The molecule has 1 aliphatic heterocycles. The van der Waals surface area contributed by atoms with Crippen LogP contribution in [0.5, 0.6) is 5.75 Å². The van der Waals surface area contributed by atoms with Gasteiger partial charge in [-0.25, -0.2) is 0 Å². The lowest BCUT2D eigenvalue weighted by Gasteiger charge is -2.10. The van der Waals surface area contributed by atoms with Crippen molar-refractivity contribution in [1.29, 1.82) is 0 Å². The smallest absolute Gasteiger partial charge is 0.187 e. The van der Waals surface area contributed by atoms with Crippen LogP contribution in [-0.2, 0) is 14.2 Å². The Bertz CT molecular complexity index is 337. The van der Waals surface area contributed by atoms with Crippen LogP contribution in [0.1, 0.15) is 23.7 Å². The Balaban J connectivity index is 2.42. The van der Waals surface area contributed by atoms with Crippen LogP contribution in [0.15, 0.2) is 18.2 Å². The summed E-state index contributed by atoms with van der Waals surface area (Å²) in [5, 5.41) is 9.32. The molecule has 14 heavy (non-hydrogen) atoms. The van der Waals surface area contributed by atoms with Crippen molar-refractivity contribution >= 4 is 0 Å². The number of rotatable bonds is 2. The molecule has 0 aromatic heterocycles. The quantitative estimate of drug-likeness (QED) is 0.782. The minimum absolute atomic E-state index is 0.200. The number of hydrogen-bond acceptors (Lipinski definition) is 4. The van der Waals surface area contributed by atoms with Gasteiger partial charge in [0, 0.05) is 25.3 Å². The first-order valence-electron chi connectivity index (χ1n) is 4.30. The second kappa shape index (κ2) is 3.57. The third-order valence-corrected chi connectivity index (χ3v) is 2.25. The highest BCUT2D eigenvalue weighted by Crippen LogP contribution is 2.40. The fourth-order valence-electron chi connectivity index (χ4n) is 1.60. The van der Waals surface area contributed by atoms with E-state index in [4.69, 9.17) is 14.2 Å². The maximum Gasteiger partial charge on any atom is 0.187 e. The number of aromatic hydroxyl groups is 1. The molecule has 0 fully saturated rings. The lowest BCUT2D eigenvalue weighted by molar-refractivity contribution is -0.217. The van der Waals surface area contributed by atoms with Crippen molar-refractivity contribution < 1.29 is 19.3 Å². The van der Waals surface area contributed by atoms with Crippen LogP contribution in [0, 0.1) is 0 Å². The monoisotopic (exact) mass is 196 g/mol. The molecule has 0 saturated heterocycles. The van der Waals surface area contributed by atoms with Crippen molar-refractivity contribution in [2.24, 2.45) is 0 Å². The predicted octanol–water partition coefficient (Wildman–Crippen LogP) is 1.71. The Morgan fingerprint density at radius 3 is 2.43 bits per heavy atom. The standard InChI is InChI=1S/C10H12O4/c1-12-9-7-4-3-6(11)5-8(7)10(13-2)14-9/h3-5,9-11H,1-2H3. The lowest BCUT2D eigenvalue weighted by Crippen LogP contribution is -2.01. The van der Waals surface area contributed by atoms with Crippen LogP contribution in [0.2, 0.25) is 0 Å². The number of fused-ring (bicyclic) bond motifs is 1. The summed E-state index contributed by atoms with van der Waals surface area (Å²) in [7, 11) is 3.12. The molecule has 1 N–H and O–H groups in total. The average molecular weight is 196 g/mol. The number of phenols is 1. The Kier molecular flexibility index (Phi) is 2.41. The summed E-state index contributed by atoms with van der Waals surface area (Å²) in [5.41, 5.74) is 1.72. The van der Waals surface area contributed by atoms with E-state index in [0.29, 0.717) is 0 Å². The fourth-order valence-corrected chi connectivity index (χ4v) is 1.60. The van der Waals surface area contributed by atoms with Gasteiger partial charge in [-0.3, -0.25) is 0 Å². The fraction of sp³-hybridized carbons (Fsp3) is 0.400. The summed E-state index contributed by atoms with van der Waals surface area (Å²) in [6.45, 7) is 0. The molecule has 1 aromatic carbocycles. The molecule has 1 aliphatic rings. The zero-order valence-corrected chi connectivity index (χ0v) is 8.06. The van der Waals surface area contributed by atoms with Crippen molar-refractivity contribution in [2.45, 2.75) is 12.6 Å². The van der Waals surface area contributed by atoms with Gasteiger partial charge in [-0.15, -0.1) is 0 Å². The maximum absolute atomic E-state index is 9.32. The second-order valence-electron chi connectivity index (χ2n) is 3.08. The van der Waals surface area contributed by atoms with Gasteiger partial charge in [0.05, 0.1) is 0 Å². The van der Waals surface area contributed by atoms with E-state index >= 15 is 0 Å². The van der Waals surface area contributed by atoms with Gasteiger partial charge in [0.15, 0.2) is 12.6 Å². The summed E-state index contributed by atoms with van der Waals surface area (Å²) in [6, 6.07) is 5.01. The number of methoxy groups -OCH3 is 2. The van der Waals surface area contributed by atoms with Crippen molar-refractivity contribution in [3.63, 3.8) is 0 Å². The highest BCUT2D eigenvalue weighted by molar-refractivity contribution is 5.38. The van der Waals surface area contributed by atoms with Crippen LogP contribution in [0.3, 0.4) is 0 Å². The van der Waals surface area contributed by atoms with E-state index in [0.717, 1.165) is 11.1 Å². The topological polar surface area (TPSA) is 47.9 Å². The molecule has 4 heteroatoms.